The molecule has 0 radical (unpaired) electrons. The van der Waals surface area contributed by atoms with Gasteiger partial charge in [0.1, 0.15) is 0 Å². The molecule has 80 valence electrons. The first-order chi connectivity index (χ1) is 7.11. The highest BCUT2D eigenvalue weighted by atomic mass is 16.4. The van der Waals surface area contributed by atoms with E-state index in [-0.39, 0.29) is 6.54 Å². The standard InChI is InChI=1S/C10H13N3O2/c1-10(14,6-11)5-8-13-9-7(15-8)3-2-4-12-9/h2-4,14H,5-6,11H2,1H3. The first-order valence-corrected chi connectivity index (χ1v) is 4.74. The summed E-state index contributed by atoms with van der Waals surface area (Å²) < 4.78 is 5.42. The minimum atomic E-state index is -0.985. The Hall–Kier alpha value is -1.46. The maximum atomic E-state index is 9.76. The van der Waals surface area contributed by atoms with Crippen molar-refractivity contribution in [2.75, 3.05) is 6.54 Å². The largest absolute Gasteiger partial charge is 0.439 e. The lowest BCUT2D eigenvalue weighted by Gasteiger charge is -2.18. The summed E-state index contributed by atoms with van der Waals surface area (Å²) in [6, 6.07) is 3.56. The van der Waals surface area contributed by atoms with E-state index in [1.54, 1.807) is 25.3 Å². The fourth-order valence-electron chi connectivity index (χ4n) is 1.29. The lowest BCUT2D eigenvalue weighted by Crippen LogP contribution is -2.36. The average Bonchev–Trinajstić information content (AvgIpc) is 2.58. The first-order valence-electron chi connectivity index (χ1n) is 4.74. The van der Waals surface area contributed by atoms with Gasteiger partial charge in [0.05, 0.1) is 12.0 Å². The third-order valence-corrected chi connectivity index (χ3v) is 2.18. The number of aliphatic hydroxyl groups is 1. The number of pyridine rings is 1. The minimum Gasteiger partial charge on any atom is -0.439 e. The molecule has 15 heavy (non-hydrogen) atoms. The topological polar surface area (TPSA) is 85.2 Å². The monoisotopic (exact) mass is 207 g/mol. The Morgan fingerprint density at radius 3 is 3.07 bits per heavy atom. The Morgan fingerprint density at radius 2 is 2.40 bits per heavy atom. The molecule has 1 atom stereocenters. The van der Waals surface area contributed by atoms with E-state index in [2.05, 4.69) is 9.97 Å². The zero-order valence-corrected chi connectivity index (χ0v) is 8.47. The van der Waals surface area contributed by atoms with Gasteiger partial charge in [-0.25, -0.2) is 4.98 Å². The second-order valence-corrected chi connectivity index (χ2v) is 3.81. The third-order valence-electron chi connectivity index (χ3n) is 2.18. The Bertz CT molecular complexity index is 431. The smallest absolute Gasteiger partial charge is 0.199 e. The van der Waals surface area contributed by atoms with Gasteiger partial charge in [-0.1, -0.05) is 0 Å². The van der Waals surface area contributed by atoms with Crippen LogP contribution in [-0.4, -0.2) is 27.2 Å². The van der Waals surface area contributed by atoms with E-state index in [1.165, 1.54) is 0 Å². The second-order valence-electron chi connectivity index (χ2n) is 3.81. The molecular weight excluding hydrogens is 194 g/mol. The molecule has 2 aromatic heterocycles. The summed E-state index contributed by atoms with van der Waals surface area (Å²) in [4.78, 5) is 8.19. The fourth-order valence-corrected chi connectivity index (χ4v) is 1.29. The quantitative estimate of drug-likeness (QED) is 0.764. The average molecular weight is 207 g/mol. The molecule has 3 N–H and O–H groups in total. The molecule has 0 fully saturated rings. The van der Waals surface area contributed by atoms with Crippen molar-refractivity contribution in [3.05, 3.63) is 24.2 Å². The molecule has 0 bridgehead atoms. The molecule has 5 heteroatoms. The molecule has 2 heterocycles. The van der Waals surface area contributed by atoms with Gasteiger partial charge in [-0.15, -0.1) is 0 Å². The van der Waals surface area contributed by atoms with E-state index in [9.17, 15) is 5.11 Å². The number of rotatable bonds is 3. The molecule has 0 aromatic carbocycles. The third kappa shape index (κ3) is 2.14. The van der Waals surface area contributed by atoms with Crippen molar-refractivity contribution in [3.8, 4) is 0 Å². The van der Waals surface area contributed by atoms with Gasteiger partial charge in [-0.3, -0.25) is 0 Å². The van der Waals surface area contributed by atoms with E-state index in [0.29, 0.717) is 23.5 Å². The normalized spacial score (nSPS) is 15.4. The highest BCUT2D eigenvalue weighted by Crippen LogP contribution is 2.16. The van der Waals surface area contributed by atoms with E-state index >= 15 is 0 Å². The van der Waals surface area contributed by atoms with Crippen LogP contribution in [0.3, 0.4) is 0 Å². The van der Waals surface area contributed by atoms with Crippen LogP contribution in [0.5, 0.6) is 0 Å². The van der Waals surface area contributed by atoms with Gasteiger partial charge in [0, 0.05) is 12.7 Å². The van der Waals surface area contributed by atoms with Crippen LogP contribution in [0.2, 0.25) is 0 Å². The number of aromatic nitrogens is 2. The Labute approximate surface area is 86.9 Å². The van der Waals surface area contributed by atoms with Crippen molar-refractivity contribution in [2.45, 2.75) is 18.9 Å². The van der Waals surface area contributed by atoms with Gasteiger partial charge in [-0.05, 0) is 19.1 Å². The van der Waals surface area contributed by atoms with Crippen molar-refractivity contribution < 1.29 is 9.52 Å². The van der Waals surface area contributed by atoms with Crippen molar-refractivity contribution in [1.82, 2.24) is 9.97 Å². The van der Waals surface area contributed by atoms with Crippen molar-refractivity contribution in [2.24, 2.45) is 5.73 Å². The highest BCUT2D eigenvalue weighted by Gasteiger charge is 2.22. The number of nitrogens with zero attached hydrogens (tertiary/aromatic N) is 2. The first kappa shape index (κ1) is 10.1. The summed E-state index contributed by atoms with van der Waals surface area (Å²) in [5.41, 5.74) is 5.61. The minimum absolute atomic E-state index is 0.166. The van der Waals surface area contributed by atoms with Crippen LogP contribution < -0.4 is 5.73 Å². The Balaban J connectivity index is 2.30. The predicted octanol–water partition coefficient (Wildman–Crippen LogP) is 0.475. The van der Waals surface area contributed by atoms with E-state index < -0.39 is 5.60 Å². The molecule has 2 rings (SSSR count). The molecule has 0 spiro atoms. The number of oxazole rings is 1. The van der Waals surface area contributed by atoms with Crippen LogP contribution >= 0.6 is 0 Å². The van der Waals surface area contributed by atoms with Crippen LogP contribution in [0.25, 0.3) is 11.2 Å². The molecule has 0 aliphatic heterocycles. The summed E-state index contributed by atoms with van der Waals surface area (Å²) in [6.07, 6.45) is 1.94. The molecule has 1 unspecified atom stereocenters. The molecule has 0 amide bonds. The number of fused-ring (bicyclic) bond motifs is 1. The zero-order valence-electron chi connectivity index (χ0n) is 8.47. The zero-order chi connectivity index (χ0) is 10.9. The highest BCUT2D eigenvalue weighted by molar-refractivity contribution is 5.66. The summed E-state index contributed by atoms with van der Waals surface area (Å²) in [7, 11) is 0. The summed E-state index contributed by atoms with van der Waals surface area (Å²) in [6.45, 7) is 1.81. The van der Waals surface area contributed by atoms with Crippen molar-refractivity contribution in [3.63, 3.8) is 0 Å². The van der Waals surface area contributed by atoms with Crippen LogP contribution in [0.15, 0.2) is 22.7 Å². The van der Waals surface area contributed by atoms with Crippen molar-refractivity contribution in [1.29, 1.82) is 0 Å². The number of hydrogen-bond acceptors (Lipinski definition) is 5. The molecular formula is C10H13N3O2. The molecule has 0 saturated heterocycles. The van der Waals surface area contributed by atoms with E-state index in [1.807, 2.05) is 0 Å². The Morgan fingerprint density at radius 1 is 1.60 bits per heavy atom. The van der Waals surface area contributed by atoms with Gasteiger partial charge in [0.25, 0.3) is 0 Å². The Kier molecular flexibility index (Phi) is 2.42. The maximum absolute atomic E-state index is 9.76. The van der Waals surface area contributed by atoms with Gasteiger partial charge < -0.3 is 15.3 Å². The molecule has 0 saturated carbocycles. The summed E-state index contributed by atoms with van der Waals surface area (Å²) in [5, 5.41) is 9.76. The number of nitrogens with two attached hydrogens (primary N) is 1. The van der Waals surface area contributed by atoms with Gasteiger partial charge in [0.2, 0.25) is 0 Å². The number of hydrogen-bond donors (Lipinski definition) is 2. The van der Waals surface area contributed by atoms with Crippen LogP contribution in [0.4, 0.5) is 0 Å². The fraction of sp³-hybridized carbons (Fsp3) is 0.400. The van der Waals surface area contributed by atoms with Gasteiger partial charge >= 0.3 is 0 Å². The van der Waals surface area contributed by atoms with Crippen LogP contribution in [-0.2, 0) is 6.42 Å². The van der Waals surface area contributed by atoms with E-state index in [4.69, 9.17) is 10.2 Å². The van der Waals surface area contributed by atoms with Gasteiger partial charge in [-0.2, -0.15) is 4.98 Å². The summed E-state index contributed by atoms with van der Waals surface area (Å²) in [5.74, 6) is 0.458. The molecule has 0 aliphatic carbocycles. The lowest BCUT2D eigenvalue weighted by atomic mass is 10.0. The SMILES string of the molecule is CC(O)(CN)Cc1nc2ncccc2o1. The summed E-state index contributed by atoms with van der Waals surface area (Å²) >= 11 is 0. The molecule has 0 aliphatic rings. The van der Waals surface area contributed by atoms with Crippen LogP contribution in [0.1, 0.15) is 12.8 Å². The molecule has 5 nitrogen and oxygen atoms in total. The second kappa shape index (κ2) is 3.60. The maximum Gasteiger partial charge on any atom is 0.199 e. The van der Waals surface area contributed by atoms with Crippen LogP contribution in [0, 0.1) is 0 Å². The van der Waals surface area contributed by atoms with Crippen molar-refractivity contribution >= 4 is 11.2 Å². The molecule has 2 aromatic rings. The van der Waals surface area contributed by atoms with Gasteiger partial charge in [0.15, 0.2) is 17.1 Å². The predicted molar refractivity (Wildman–Crippen MR) is 55.2 cm³/mol. The van der Waals surface area contributed by atoms with E-state index in [0.717, 1.165) is 0 Å². The lowest BCUT2D eigenvalue weighted by molar-refractivity contribution is 0.0632.